The van der Waals surface area contributed by atoms with Crippen LogP contribution < -0.4 is 5.32 Å². The van der Waals surface area contributed by atoms with Gasteiger partial charge in [-0.1, -0.05) is 12.1 Å². The summed E-state index contributed by atoms with van der Waals surface area (Å²) in [7, 11) is 0. The molecule has 5 heteroatoms. The smallest absolute Gasteiger partial charge is 0.241 e. The Labute approximate surface area is 126 Å². The van der Waals surface area contributed by atoms with Crippen LogP contribution in [-0.2, 0) is 4.79 Å². The van der Waals surface area contributed by atoms with Gasteiger partial charge in [0, 0.05) is 29.1 Å². The number of hydrogen-bond donors (Lipinski definition) is 1. The molecule has 2 heterocycles. The highest BCUT2D eigenvalue weighted by molar-refractivity contribution is 9.10. The summed E-state index contributed by atoms with van der Waals surface area (Å²) in [5.74, 6) is 0.164. The number of halogens is 1. The minimum Gasteiger partial charge on any atom is -0.374 e. The third-order valence-electron chi connectivity index (χ3n) is 3.57. The first-order valence-electron chi connectivity index (χ1n) is 6.80. The molecule has 1 aromatic carbocycles. The van der Waals surface area contributed by atoms with Gasteiger partial charge in [-0.25, -0.2) is 0 Å². The number of anilines is 1. The first-order chi connectivity index (χ1) is 9.74. The second-order valence-corrected chi connectivity index (χ2v) is 5.89. The van der Waals surface area contributed by atoms with Crippen molar-refractivity contribution >= 4 is 38.4 Å². The Morgan fingerprint density at radius 3 is 2.95 bits per heavy atom. The zero-order valence-electron chi connectivity index (χ0n) is 11.1. The van der Waals surface area contributed by atoms with E-state index in [0.717, 1.165) is 47.0 Å². The van der Waals surface area contributed by atoms with Gasteiger partial charge in [-0.05, 0) is 40.9 Å². The molecule has 1 fully saturated rings. The van der Waals surface area contributed by atoms with E-state index < -0.39 is 0 Å². The lowest BCUT2D eigenvalue weighted by atomic mass is 10.2. The second-order valence-electron chi connectivity index (χ2n) is 4.97. The Kier molecular flexibility index (Phi) is 3.87. The van der Waals surface area contributed by atoms with E-state index >= 15 is 0 Å². The van der Waals surface area contributed by atoms with E-state index in [4.69, 9.17) is 0 Å². The number of benzene rings is 1. The van der Waals surface area contributed by atoms with Crippen molar-refractivity contribution in [3.8, 4) is 0 Å². The Balaban J connectivity index is 1.75. The van der Waals surface area contributed by atoms with Crippen molar-refractivity contribution in [3.05, 3.63) is 34.9 Å². The summed E-state index contributed by atoms with van der Waals surface area (Å²) >= 11 is 3.42. The van der Waals surface area contributed by atoms with Crippen LogP contribution >= 0.6 is 15.9 Å². The maximum atomic E-state index is 12.0. The van der Waals surface area contributed by atoms with Gasteiger partial charge in [-0.3, -0.25) is 9.78 Å². The van der Waals surface area contributed by atoms with Gasteiger partial charge in [0.15, 0.2) is 0 Å². The molecule has 1 aliphatic rings. The van der Waals surface area contributed by atoms with Crippen LogP contribution in [0.2, 0.25) is 0 Å². The number of rotatable bonds is 3. The van der Waals surface area contributed by atoms with Crippen molar-refractivity contribution in [3.63, 3.8) is 0 Å². The van der Waals surface area contributed by atoms with Crippen molar-refractivity contribution in [2.45, 2.75) is 12.8 Å². The molecular weight excluding hydrogens is 318 g/mol. The predicted octanol–water partition coefficient (Wildman–Crippen LogP) is 3.03. The first kappa shape index (κ1) is 13.4. The Morgan fingerprint density at radius 2 is 2.15 bits per heavy atom. The average molecular weight is 334 g/mol. The molecule has 0 aliphatic carbocycles. The largest absolute Gasteiger partial charge is 0.374 e. The quantitative estimate of drug-likeness (QED) is 0.938. The summed E-state index contributed by atoms with van der Waals surface area (Å²) in [6, 6.07) is 7.97. The van der Waals surface area contributed by atoms with Gasteiger partial charge in [-0.2, -0.15) is 0 Å². The molecule has 1 N–H and O–H groups in total. The van der Waals surface area contributed by atoms with Gasteiger partial charge in [-0.15, -0.1) is 0 Å². The van der Waals surface area contributed by atoms with Crippen molar-refractivity contribution in [1.82, 2.24) is 9.88 Å². The average Bonchev–Trinajstić information content (AvgIpc) is 2.98. The summed E-state index contributed by atoms with van der Waals surface area (Å²) < 4.78 is 0.954. The van der Waals surface area contributed by atoms with Crippen LogP contribution in [0.25, 0.3) is 10.9 Å². The van der Waals surface area contributed by atoms with Gasteiger partial charge >= 0.3 is 0 Å². The van der Waals surface area contributed by atoms with Crippen molar-refractivity contribution in [1.29, 1.82) is 0 Å². The van der Waals surface area contributed by atoms with E-state index in [-0.39, 0.29) is 5.91 Å². The molecule has 1 saturated heterocycles. The van der Waals surface area contributed by atoms with Crippen molar-refractivity contribution in [2.24, 2.45) is 0 Å². The zero-order chi connectivity index (χ0) is 13.9. The lowest BCUT2D eigenvalue weighted by Gasteiger charge is -2.16. The summed E-state index contributed by atoms with van der Waals surface area (Å²) in [6.45, 7) is 2.11. The normalized spacial score (nSPS) is 14.8. The molecule has 104 valence electrons. The summed E-state index contributed by atoms with van der Waals surface area (Å²) in [5, 5.41) is 4.27. The Morgan fingerprint density at radius 1 is 1.35 bits per heavy atom. The van der Waals surface area contributed by atoms with Crippen LogP contribution in [0.1, 0.15) is 12.8 Å². The highest BCUT2D eigenvalue weighted by atomic mass is 79.9. The fraction of sp³-hybridized carbons (Fsp3) is 0.333. The Bertz CT molecular complexity index is 638. The SMILES string of the molecule is O=C(CNc1cccc2cc(Br)cnc12)N1CCCC1. The molecule has 0 spiro atoms. The Hall–Kier alpha value is -1.62. The number of fused-ring (bicyclic) bond motifs is 1. The molecule has 0 bridgehead atoms. The van der Waals surface area contributed by atoms with E-state index in [1.54, 1.807) is 6.20 Å². The van der Waals surface area contributed by atoms with Gasteiger partial charge in [0.05, 0.1) is 17.7 Å². The van der Waals surface area contributed by atoms with Gasteiger partial charge in [0.1, 0.15) is 0 Å². The number of carbonyl (C=O) groups excluding carboxylic acids is 1. The van der Waals surface area contributed by atoms with Crippen LogP contribution in [0, 0.1) is 0 Å². The predicted molar refractivity (Wildman–Crippen MR) is 83.7 cm³/mol. The second kappa shape index (κ2) is 5.79. The molecule has 3 rings (SSSR count). The standard InChI is InChI=1S/C15H16BrN3O/c16-12-8-11-4-3-5-13(15(11)18-9-12)17-10-14(20)19-6-1-2-7-19/h3-5,8-9,17H,1-2,6-7,10H2. The van der Waals surface area contributed by atoms with E-state index in [0.29, 0.717) is 6.54 Å². The highest BCUT2D eigenvalue weighted by Gasteiger charge is 2.17. The molecule has 0 saturated carbocycles. The van der Waals surface area contributed by atoms with Crippen LogP contribution in [0.3, 0.4) is 0 Å². The third-order valence-corrected chi connectivity index (χ3v) is 4.00. The van der Waals surface area contributed by atoms with Gasteiger partial charge in [0.2, 0.25) is 5.91 Å². The number of nitrogens with zero attached hydrogens (tertiary/aromatic N) is 2. The number of aromatic nitrogens is 1. The molecule has 1 aliphatic heterocycles. The summed E-state index contributed by atoms with van der Waals surface area (Å²) in [6.07, 6.45) is 4.01. The molecule has 1 amide bonds. The number of nitrogens with one attached hydrogen (secondary N) is 1. The molecule has 1 aromatic heterocycles. The minimum atomic E-state index is 0.164. The number of pyridine rings is 1. The number of hydrogen-bond acceptors (Lipinski definition) is 3. The maximum absolute atomic E-state index is 12.0. The van der Waals surface area contributed by atoms with E-state index in [9.17, 15) is 4.79 Å². The van der Waals surface area contributed by atoms with E-state index in [1.807, 2.05) is 29.2 Å². The summed E-state index contributed by atoms with van der Waals surface area (Å²) in [4.78, 5) is 18.4. The van der Waals surface area contributed by atoms with Crippen molar-refractivity contribution < 1.29 is 4.79 Å². The van der Waals surface area contributed by atoms with Crippen LogP contribution in [0.15, 0.2) is 34.9 Å². The molecular formula is C15H16BrN3O. The van der Waals surface area contributed by atoms with Gasteiger partial charge < -0.3 is 10.2 Å². The fourth-order valence-corrected chi connectivity index (χ4v) is 2.87. The number of carbonyl (C=O) groups is 1. The molecule has 0 atom stereocenters. The molecule has 20 heavy (non-hydrogen) atoms. The summed E-state index contributed by atoms with van der Waals surface area (Å²) in [5.41, 5.74) is 1.80. The lowest BCUT2D eigenvalue weighted by Crippen LogP contribution is -2.33. The molecule has 4 nitrogen and oxygen atoms in total. The number of amides is 1. The van der Waals surface area contributed by atoms with E-state index in [1.165, 1.54) is 0 Å². The monoisotopic (exact) mass is 333 g/mol. The number of likely N-dealkylation sites (tertiary alicyclic amines) is 1. The lowest BCUT2D eigenvalue weighted by molar-refractivity contribution is -0.128. The number of para-hydroxylation sites is 1. The molecule has 0 unspecified atom stereocenters. The van der Waals surface area contributed by atoms with Gasteiger partial charge in [0.25, 0.3) is 0 Å². The van der Waals surface area contributed by atoms with Crippen LogP contribution in [-0.4, -0.2) is 35.4 Å². The zero-order valence-corrected chi connectivity index (χ0v) is 12.7. The highest BCUT2D eigenvalue weighted by Crippen LogP contribution is 2.23. The fourth-order valence-electron chi connectivity index (χ4n) is 2.53. The molecule has 2 aromatic rings. The van der Waals surface area contributed by atoms with Crippen LogP contribution in [0.5, 0.6) is 0 Å². The first-order valence-corrected chi connectivity index (χ1v) is 7.59. The maximum Gasteiger partial charge on any atom is 0.241 e. The third kappa shape index (κ3) is 2.77. The van der Waals surface area contributed by atoms with Crippen LogP contribution in [0.4, 0.5) is 5.69 Å². The van der Waals surface area contributed by atoms with Crippen molar-refractivity contribution in [2.75, 3.05) is 25.0 Å². The van der Waals surface area contributed by atoms with E-state index in [2.05, 4.69) is 26.2 Å². The topological polar surface area (TPSA) is 45.2 Å². The molecule has 0 radical (unpaired) electrons. The minimum absolute atomic E-state index is 0.164.